The summed E-state index contributed by atoms with van der Waals surface area (Å²) in [6, 6.07) is 23.6. The Bertz CT molecular complexity index is 699. The average Bonchev–Trinajstić information content (AvgIpc) is 2.53. The van der Waals surface area contributed by atoms with E-state index >= 15 is 0 Å². The van der Waals surface area contributed by atoms with Gasteiger partial charge in [0.1, 0.15) is 0 Å². The SMILES string of the molecule is CSc1ccc(NCc2cccc3ccccc23)cc1. The number of anilines is 1. The third-order valence-electron chi connectivity index (χ3n) is 3.45. The lowest BCUT2D eigenvalue weighted by molar-refractivity contribution is 1.16. The molecule has 1 nitrogen and oxygen atoms in total. The number of benzene rings is 3. The van der Waals surface area contributed by atoms with Crippen LogP contribution in [-0.2, 0) is 6.54 Å². The van der Waals surface area contributed by atoms with Crippen LogP contribution in [0.15, 0.2) is 71.6 Å². The largest absolute Gasteiger partial charge is 0.381 e. The molecule has 100 valence electrons. The van der Waals surface area contributed by atoms with Gasteiger partial charge in [-0.25, -0.2) is 0 Å². The Morgan fingerprint density at radius 3 is 2.40 bits per heavy atom. The molecule has 2 heteroatoms. The second-order valence-corrected chi connectivity index (χ2v) is 5.60. The fraction of sp³-hybridized carbons (Fsp3) is 0.111. The van der Waals surface area contributed by atoms with Crippen molar-refractivity contribution in [2.45, 2.75) is 11.4 Å². The summed E-state index contributed by atoms with van der Waals surface area (Å²) in [5.41, 5.74) is 2.49. The summed E-state index contributed by atoms with van der Waals surface area (Å²) in [5, 5.41) is 6.11. The van der Waals surface area contributed by atoms with Crippen molar-refractivity contribution >= 4 is 28.2 Å². The maximum absolute atomic E-state index is 3.50. The van der Waals surface area contributed by atoms with E-state index in [-0.39, 0.29) is 0 Å². The zero-order valence-corrected chi connectivity index (χ0v) is 12.3. The van der Waals surface area contributed by atoms with Gasteiger partial charge in [-0.2, -0.15) is 0 Å². The van der Waals surface area contributed by atoms with Crippen LogP contribution in [0.5, 0.6) is 0 Å². The first-order chi connectivity index (χ1) is 9.86. The highest BCUT2D eigenvalue weighted by atomic mass is 32.2. The van der Waals surface area contributed by atoms with Gasteiger partial charge >= 0.3 is 0 Å². The molecule has 0 heterocycles. The number of hydrogen-bond acceptors (Lipinski definition) is 2. The van der Waals surface area contributed by atoms with Gasteiger partial charge in [0, 0.05) is 17.1 Å². The molecule has 0 bridgehead atoms. The minimum absolute atomic E-state index is 0.847. The Hall–Kier alpha value is -1.93. The molecular formula is C18H17NS. The Balaban J connectivity index is 1.79. The Kier molecular flexibility index (Phi) is 3.93. The lowest BCUT2D eigenvalue weighted by Crippen LogP contribution is -1.99. The topological polar surface area (TPSA) is 12.0 Å². The summed E-state index contributed by atoms with van der Waals surface area (Å²) >= 11 is 1.77. The van der Waals surface area contributed by atoms with Gasteiger partial charge in [0.15, 0.2) is 0 Å². The third-order valence-corrected chi connectivity index (χ3v) is 4.20. The second-order valence-electron chi connectivity index (χ2n) is 4.72. The molecule has 1 N–H and O–H groups in total. The summed E-state index contributed by atoms with van der Waals surface area (Å²) in [4.78, 5) is 1.29. The van der Waals surface area contributed by atoms with Gasteiger partial charge in [0.05, 0.1) is 0 Å². The van der Waals surface area contributed by atoms with Crippen LogP contribution in [0.25, 0.3) is 10.8 Å². The standard InChI is InChI=1S/C18H17NS/c1-20-17-11-9-16(10-12-17)19-13-15-7-4-6-14-5-2-3-8-18(14)15/h2-12,19H,13H2,1H3. The smallest absolute Gasteiger partial charge is 0.0406 e. The van der Waals surface area contributed by atoms with E-state index in [1.807, 2.05) is 0 Å². The van der Waals surface area contributed by atoms with Crippen molar-refractivity contribution in [3.8, 4) is 0 Å². The molecule has 0 fully saturated rings. The lowest BCUT2D eigenvalue weighted by atomic mass is 10.0. The average molecular weight is 279 g/mol. The van der Waals surface area contributed by atoms with Crippen LogP contribution < -0.4 is 5.32 Å². The molecule has 0 unspecified atom stereocenters. The highest BCUT2D eigenvalue weighted by molar-refractivity contribution is 7.98. The van der Waals surface area contributed by atoms with Crippen molar-refractivity contribution in [3.63, 3.8) is 0 Å². The predicted octanol–water partition coefficient (Wildman–Crippen LogP) is 5.17. The van der Waals surface area contributed by atoms with E-state index in [1.54, 1.807) is 11.8 Å². The van der Waals surface area contributed by atoms with Crippen LogP contribution in [0, 0.1) is 0 Å². The maximum Gasteiger partial charge on any atom is 0.0406 e. The first-order valence-corrected chi connectivity index (χ1v) is 7.94. The molecule has 0 aliphatic carbocycles. The number of fused-ring (bicyclic) bond motifs is 1. The van der Waals surface area contributed by atoms with E-state index in [0.29, 0.717) is 0 Å². The van der Waals surface area contributed by atoms with Gasteiger partial charge in [0.25, 0.3) is 0 Å². The number of thioether (sulfide) groups is 1. The fourth-order valence-electron chi connectivity index (χ4n) is 2.35. The molecule has 0 radical (unpaired) electrons. The number of nitrogens with one attached hydrogen (secondary N) is 1. The summed E-state index contributed by atoms with van der Waals surface area (Å²) in [6.07, 6.45) is 2.10. The highest BCUT2D eigenvalue weighted by Crippen LogP contribution is 2.21. The minimum Gasteiger partial charge on any atom is -0.381 e. The van der Waals surface area contributed by atoms with E-state index in [2.05, 4.69) is 78.3 Å². The van der Waals surface area contributed by atoms with Gasteiger partial charge in [0.2, 0.25) is 0 Å². The molecule has 3 rings (SSSR count). The van der Waals surface area contributed by atoms with Crippen LogP contribution in [-0.4, -0.2) is 6.26 Å². The van der Waals surface area contributed by atoms with Crippen molar-refractivity contribution in [2.24, 2.45) is 0 Å². The van der Waals surface area contributed by atoms with E-state index < -0.39 is 0 Å². The van der Waals surface area contributed by atoms with Crippen LogP contribution >= 0.6 is 11.8 Å². The molecule has 0 saturated heterocycles. The van der Waals surface area contributed by atoms with Crippen molar-refractivity contribution in [3.05, 3.63) is 72.3 Å². The second kappa shape index (κ2) is 6.02. The summed E-state index contributed by atoms with van der Waals surface area (Å²) < 4.78 is 0. The first-order valence-electron chi connectivity index (χ1n) is 6.71. The van der Waals surface area contributed by atoms with E-state index in [1.165, 1.54) is 21.2 Å². The van der Waals surface area contributed by atoms with Crippen molar-refractivity contribution in [1.82, 2.24) is 0 Å². The highest BCUT2D eigenvalue weighted by Gasteiger charge is 2.00. The van der Waals surface area contributed by atoms with Crippen LogP contribution in [0.1, 0.15) is 5.56 Å². The molecule has 0 aliphatic rings. The predicted molar refractivity (Wildman–Crippen MR) is 89.5 cm³/mol. The van der Waals surface area contributed by atoms with Crippen molar-refractivity contribution in [2.75, 3.05) is 11.6 Å². The fourth-order valence-corrected chi connectivity index (χ4v) is 2.76. The number of hydrogen-bond donors (Lipinski definition) is 1. The molecule has 3 aromatic rings. The molecule has 0 amide bonds. The normalized spacial score (nSPS) is 10.7. The molecule has 0 spiro atoms. The Morgan fingerprint density at radius 1 is 0.850 bits per heavy atom. The molecule has 3 aromatic carbocycles. The van der Waals surface area contributed by atoms with Gasteiger partial charge in [-0.05, 0) is 46.9 Å². The molecular weight excluding hydrogens is 262 g/mol. The zero-order valence-electron chi connectivity index (χ0n) is 11.5. The van der Waals surface area contributed by atoms with Crippen molar-refractivity contribution in [1.29, 1.82) is 0 Å². The molecule has 0 saturated carbocycles. The van der Waals surface area contributed by atoms with E-state index in [9.17, 15) is 0 Å². The summed E-state index contributed by atoms with van der Waals surface area (Å²) in [7, 11) is 0. The van der Waals surface area contributed by atoms with Gasteiger partial charge in [-0.3, -0.25) is 0 Å². The monoisotopic (exact) mass is 279 g/mol. The number of rotatable bonds is 4. The first kappa shape index (κ1) is 13.1. The lowest BCUT2D eigenvalue weighted by Gasteiger charge is -2.10. The summed E-state index contributed by atoms with van der Waals surface area (Å²) in [5.74, 6) is 0. The van der Waals surface area contributed by atoms with Crippen LogP contribution in [0.2, 0.25) is 0 Å². The van der Waals surface area contributed by atoms with Crippen LogP contribution in [0.3, 0.4) is 0 Å². The van der Waals surface area contributed by atoms with E-state index in [4.69, 9.17) is 0 Å². The zero-order chi connectivity index (χ0) is 13.8. The Labute approximate surface area is 124 Å². The minimum atomic E-state index is 0.847. The quantitative estimate of drug-likeness (QED) is 0.661. The maximum atomic E-state index is 3.50. The Morgan fingerprint density at radius 2 is 1.60 bits per heavy atom. The van der Waals surface area contributed by atoms with Crippen LogP contribution in [0.4, 0.5) is 5.69 Å². The van der Waals surface area contributed by atoms with Gasteiger partial charge in [-0.15, -0.1) is 11.8 Å². The molecule has 0 atom stereocenters. The van der Waals surface area contributed by atoms with E-state index in [0.717, 1.165) is 12.2 Å². The third kappa shape index (κ3) is 2.81. The molecule has 20 heavy (non-hydrogen) atoms. The molecule has 0 aliphatic heterocycles. The molecule has 0 aromatic heterocycles. The van der Waals surface area contributed by atoms with Gasteiger partial charge < -0.3 is 5.32 Å². The van der Waals surface area contributed by atoms with Crippen molar-refractivity contribution < 1.29 is 0 Å². The summed E-state index contributed by atoms with van der Waals surface area (Å²) in [6.45, 7) is 0.847. The van der Waals surface area contributed by atoms with Gasteiger partial charge in [-0.1, -0.05) is 42.5 Å².